The van der Waals surface area contributed by atoms with E-state index in [-0.39, 0.29) is 41.6 Å². The summed E-state index contributed by atoms with van der Waals surface area (Å²) >= 11 is 0. The van der Waals surface area contributed by atoms with E-state index in [1.807, 2.05) is 0 Å². The molecule has 3 rings (SSSR count). The van der Waals surface area contributed by atoms with Gasteiger partial charge in [-0.2, -0.15) is 0 Å². The maximum atomic E-state index is 12.8. The molecule has 1 aromatic heterocycles. The van der Waals surface area contributed by atoms with E-state index in [1.165, 1.54) is 34.3 Å². The van der Waals surface area contributed by atoms with Crippen LogP contribution in [0.1, 0.15) is 35.6 Å². The van der Waals surface area contributed by atoms with E-state index < -0.39 is 29.5 Å². The Labute approximate surface area is 184 Å². The summed E-state index contributed by atoms with van der Waals surface area (Å²) in [6.07, 6.45) is 0.0733. The summed E-state index contributed by atoms with van der Waals surface area (Å²) in [6, 6.07) is 3.74. The Balaban J connectivity index is 2.11. The van der Waals surface area contributed by atoms with Gasteiger partial charge in [0.15, 0.2) is 11.5 Å². The molecule has 0 radical (unpaired) electrons. The van der Waals surface area contributed by atoms with Crippen molar-refractivity contribution in [2.75, 3.05) is 27.9 Å². The lowest BCUT2D eigenvalue weighted by Crippen LogP contribution is -2.38. The van der Waals surface area contributed by atoms with Crippen LogP contribution in [0.3, 0.4) is 0 Å². The minimum absolute atomic E-state index is 0.120. The second-order valence-corrected chi connectivity index (χ2v) is 7.20. The monoisotopic (exact) mass is 447 g/mol. The first-order chi connectivity index (χ1) is 15.3. The van der Waals surface area contributed by atoms with Gasteiger partial charge in [0.2, 0.25) is 11.7 Å². The fraction of sp³-hybridized carbons (Fsp3) is 0.409. The Hall–Kier alpha value is -3.69. The van der Waals surface area contributed by atoms with Crippen molar-refractivity contribution >= 4 is 11.9 Å². The Morgan fingerprint density at radius 2 is 1.91 bits per heavy atom. The van der Waals surface area contributed by atoms with Gasteiger partial charge in [-0.05, 0) is 13.0 Å². The van der Waals surface area contributed by atoms with E-state index >= 15 is 0 Å². The van der Waals surface area contributed by atoms with Gasteiger partial charge in [0.1, 0.15) is 17.6 Å². The molecule has 2 atom stereocenters. The van der Waals surface area contributed by atoms with E-state index in [4.69, 9.17) is 23.4 Å². The minimum Gasteiger partial charge on any atom is -0.507 e. The largest absolute Gasteiger partial charge is 0.507 e. The van der Waals surface area contributed by atoms with E-state index in [0.29, 0.717) is 17.7 Å². The first-order valence-corrected chi connectivity index (χ1v) is 9.89. The third-order valence-corrected chi connectivity index (χ3v) is 5.21. The second-order valence-electron chi connectivity index (χ2n) is 7.20. The third-order valence-electron chi connectivity index (χ3n) is 5.21. The minimum atomic E-state index is -0.973. The third kappa shape index (κ3) is 4.48. The number of aromatic hydroxyl groups is 1. The van der Waals surface area contributed by atoms with Gasteiger partial charge in [-0.15, -0.1) is 0 Å². The lowest BCUT2D eigenvalue weighted by atomic mass is 9.87. The van der Waals surface area contributed by atoms with Gasteiger partial charge in [-0.25, -0.2) is 9.59 Å². The van der Waals surface area contributed by atoms with Crippen LogP contribution >= 0.6 is 0 Å². The van der Waals surface area contributed by atoms with Gasteiger partial charge in [0.25, 0.3) is 0 Å². The molecule has 1 fully saturated rings. The summed E-state index contributed by atoms with van der Waals surface area (Å²) in [5.74, 6) is -1.26. The van der Waals surface area contributed by atoms with E-state index in [1.54, 1.807) is 12.1 Å². The Kier molecular flexibility index (Phi) is 6.92. The summed E-state index contributed by atoms with van der Waals surface area (Å²) < 4.78 is 26.3. The predicted molar refractivity (Wildman–Crippen MR) is 111 cm³/mol. The van der Waals surface area contributed by atoms with E-state index in [9.17, 15) is 19.5 Å². The molecule has 10 nitrogen and oxygen atoms in total. The maximum absolute atomic E-state index is 12.8. The second kappa shape index (κ2) is 9.63. The van der Waals surface area contributed by atoms with Gasteiger partial charge >= 0.3 is 11.6 Å². The van der Waals surface area contributed by atoms with Crippen LogP contribution in [0.2, 0.25) is 0 Å². The van der Waals surface area contributed by atoms with Gasteiger partial charge in [0.05, 0.1) is 33.5 Å². The Morgan fingerprint density at radius 3 is 2.47 bits per heavy atom. The Bertz CT molecular complexity index is 1080. The number of hydrogen-bond donors (Lipinski definition) is 2. The zero-order valence-corrected chi connectivity index (χ0v) is 18.2. The summed E-state index contributed by atoms with van der Waals surface area (Å²) in [7, 11) is 4.29. The van der Waals surface area contributed by atoms with E-state index in [0.717, 1.165) is 0 Å². The van der Waals surface area contributed by atoms with Gasteiger partial charge in [-0.3, -0.25) is 4.79 Å². The highest BCUT2D eigenvalue weighted by atomic mass is 16.5. The number of methoxy groups -OCH3 is 3. The first-order valence-electron chi connectivity index (χ1n) is 9.89. The number of benzene rings is 1. The molecule has 1 aliphatic rings. The number of hydrogen-bond acceptors (Lipinski definition) is 9. The molecule has 1 aromatic carbocycles. The van der Waals surface area contributed by atoms with Crippen molar-refractivity contribution in [2.24, 2.45) is 0 Å². The molecule has 0 aliphatic carbocycles. The van der Waals surface area contributed by atoms with E-state index in [2.05, 4.69) is 5.32 Å². The van der Waals surface area contributed by atoms with Crippen molar-refractivity contribution in [1.82, 2.24) is 5.32 Å². The van der Waals surface area contributed by atoms with Crippen molar-refractivity contribution in [2.45, 2.75) is 31.7 Å². The summed E-state index contributed by atoms with van der Waals surface area (Å²) in [5, 5.41) is 13.2. The SMILES string of the molecule is COc1ccc([C@H](CC(=O)N[C@@H]2CCOC2=O)c2c(O)cc(C)oc2=O)c(OC)c1OC. The van der Waals surface area contributed by atoms with Crippen LogP contribution in [0.15, 0.2) is 27.4 Å². The number of nitrogens with one attached hydrogen (secondary N) is 1. The molecule has 2 heterocycles. The van der Waals surface area contributed by atoms with Crippen LogP contribution in [0.5, 0.6) is 23.0 Å². The van der Waals surface area contributed by atoms with Crippen LogP contribution in [0.25, 0.3) is 0 Å². The molecule has 0 unspecified atom stereocenters. The maximum Gasteiger partial charge on any atom is 0.343 e. The van der Waals surface area contributed by atoms with Crippen LogP contribution < -0.4 is 25.2 Å². The normalized spacial score (nSPS) is 16.2. The fourth-order valence-corrected chi connectivity index (χ4v) is 3.76. The number of esters is 1. The number of cyclic esters (lactones) is 1. The van der Waals surface area contributed by atoms with Gasteiger partial charge in [-0.1, -0.05) is 6.07 Å². The zero-order chi connectivity index (χ0) is 23.4. The highest BCUT2D eigenvalue weighted by Crippen LogP contribution is 2.45. The molecule has 1 amide bonds. The standard InChI is InChI=1S/C22H25NO9/c1-11-9-15(24)18(22(27)32-11)13(10-17(25)23-14-7-8-31-21(14)26)12-5-6-16(28-2)20(30-4)19(12)29-3/h5-6,9,13-14,24H,7-8,10H2,1-4H3,(H,23,25)/t13-,14+/m0/s1. The fourth-order valence-electron chi connectivity index (χ4n) is 3.76. The molecule has 0 spiro atoms. The number of rotatable bonds is 8. The van der Waals surface area contributed by atoms with Gasteiger partial charge < -0.3 is 33.8 Å². The quantitative estimate of drug-likeness (QED) is 0.579. The zero-order valence-electron chi connectivity index (χ0n) is 18.2. The number of carbonyl (C=O) groups excluding carboxylic acids is 2. The summed E-state index contributed by atoms with van der Waals surface area (Å²) in [6.45, 7) is 1.74. The topological polar surface area (TPSA) is 134 Å². The lowest BCUT2D eigenvalue weighted by Gasteiger charge is -2.23. The molecule has 0 saturated carbocycles. The molecular formula is C22H25NO9. The lowest BCUT2D eigenvalue weighted by molar-refractivity contribution is -0.141. The van der Waals surface area contributed by atoms with Crippen molar-refractivity contribution in [1.29, 1.82) is 0 Å². The van der Waals surface area contributed by atoms with Crippen LogP contribution in [0, 0.1) is 6.92 Å². The van der Waals surface area contributed by atoms with Crippen molar-refractivity contribution in [3.8, 4) is 23.0 Å². The molecular weight excluding hydrogens is 422 g/mol. The van der Waals surface area contributed by atoms with Gasteiger partial charge in [0, 0.05) is 30.4 Å². The molecule has 32 heavy (non-hydrogen) atoms. The number of ether oxygens (including phenoxy) is 4. The molecule has 1 aliphatic heterocycles. The van der Waals surface area contributed by atoms with Crippen LogP contribution in [-0.4, -0.2) is 51.0 Å². The highest BCUT2D eigenvalue weighted by molar-refractivity contribution is 5.86. The smallest absolute Gasteiger partial charge is 0.343 e. The average Bonchev–Trinajstić information content (AvgIpc) is 3.15. The molecule has 2 aromatic rings. The molecule has 2 N–H and O–H groups in total. The van der Waals surface area contributed by atoms with Crippen molar-refractivity contribution in [3.63, 3.8) is 0 Å². The summed E-state index contributed by atoms with van der Waals surface area (Å²) in [5.41, 5.74) is -0.525. The molecule has 172 valence electrons. The summed E-state index contributed by atoms with van der Waals surface area (Å²) in [4.78, 5) is 37.3. The molecule has 0 bridgehead atoms. The number of amides is 1. The predicted octanol–water partition coefficient (Wildman–Crippen LogP) is 1.63. The first kappa shape index (κ1) is 23.0. The number of aryl methyl sites for hydroxylation is 1. The molecule has 1 saturated heterocycles. The highest BCUT2D eigenvalue weighted by Gasteiger charge is 2.33. The van der Waals surface area contributed by atoms with Crippen molar-refractivity contribution in [3.05, 3.63) is 45.5 Å². The van der Waals surface area contributed by atoms with Crippen LogP contribution in [0.4, 0.5) is 0 Å². The molecule has 10 heteroatoms. The van der Waals surface area contributed by atoms with Crippen molar-refractivity contribution < 1.29 is 38.1 Å². The number of carbonyl (C=O) groups is 2. The van der Waals surface area contributed by atoms with Crippen LogP contribution in [-0.2, 0) is 14.3 Å². The Morgan fingerprint density at radius 1 is 1.19 bits per heavy atom. The average molecular weight is 447 g/mol.